The summed E-state index contributed by atoms with van der Waals surface area (Å²) in [6, 6.07) is 7.21. The Morgan fingerprint density at radius 1 is 1.38 bits per heavy atom. The number of nitrogens with zero attached hydrogens (tertiary/aromatic N) is 2. The van der Waals surface area contributed by atoms with Crippen LogP contribution in [0.3, 0.4) is 0 Å². The molecule has 1 N–H and O–H groups in total. The highest BCUT2D eigenvalue weighted by molar-refractivity contribution is 14.0. The highest BCUT2D eigenvalue weighted by Crippen LogP contribution is 2.17. The number of hydrogen-bond acceptors (Lipinski definition) is 2. The van der Waals surface area contributed by atoms with Crippen molar-refractivity contribution in [1.82, 2.24) is 10.2 Å². The van der Waals surface area contributed by atoms with Gasteiger partial charge < -0.3 is 15.0 Å². The van der Waals surface area contributed by atoms with Crippen LogP contribution in [-0.2, 0) is 6.54 Å². The number of hydrogen-bond donors (Lipinski definition) is 1. The Labute approximate surface area is 159 Å². The predicted molar refractivity (Wildman–Crippen MR) is 104 cm³/mol. The fraction of sp³-hybridized carbons (Fsp3) is 0.588. The molecule has 1 aliphatic heterocycles. The second-order valence-electron chi connectivity index (χ2n) is 5.92. The summed E-state index contributed by atoms with van der Waals surface area (Å²) in [5.74, 6) is 2.12. The molecule has 4 nitrogen and oxygen atoms in total. The van der Waals surface area contributed by atoms with Crippen LogP contribution in [0.15, 0.2) is 29.3 Å². The Morgan fingerprint density at radius 2 is 2.08 bits per heavy atom. The van der Waals surface area contributed by atoms with E-state index in [1.54, 1.807) is 19.2 Å². The minimum atomic E-state index is -2.46. The fourth-order valence-corrected chi connectivity index (χ4v) is 2.64. The highest BCUT2D eigenvalue weighted by Gasteiger charge is 2.18. The highest BCUT2D eigenvalue weighted by atomic mass is 127. The van der Waals surface area contributed by atoms with Crippen LogP contribution in [0.1, 0.15) is 25.3 Å². The molecule has 0 bridgehead atoms. The molecule has 7 heteroatoms. The molecule has 0 unspecified atom stereocenters. The van der Waals surface area contributed by atoms with Crippen LogP contribution in [0, 0.1) is 5.92 Å². The average molecular weight is 453 g/mol. The molecule has 0 aromatic heterocycles. The zero-order valence-electron chi connectivity index (χ0n) is 14.2. The van der Waals surface area contributed by atoms with E-state index >= 15 is 0 Å². The van der Waals surface area contributed by atoms with Crippen molar-refractivity contribution in [3.63, 3.8) is 0 Å². The average Bonchev–Trinajstić information content (AvgIpc) is 2.55. The molecule has 0 atom stereocenters. The summed E-state index contributed by atoms with van der Waals surface area (Å²) in [5.41, 5.74) is 0.975. The van der Waals surface area contributed by atoms with E-state index in [2.05, 4.69) is 22.1 Å². The van der Waals surface area contributed by atoms with Gasteiger partial charge in [0.1, 0.15) is 12.4 Å². The molecular formula is C17H26F2IN3O. The first-order valence-electron chi connectivity index (χ1n) is 8.04. The number of piperidine rings is 1. The molecule has 0 saturated carbocycles. The van der Waals surface area contributed by atoms with E-state index in [0.717, 1.165) is 30.5 Å². The van der Waals surface area contributed by atoms with Crippen LogP contribution in [0.2, 0.25) is 0 Å². The molecule has 1 aromatic rings. The first kappa shape index (κ1) is 20.9. The molecule has 1 saturated heterocycles. The number of alkyl halides is 2. The second kappa shape index (κ2) is 10.7. The van der Waals surface area contributed by atoms with E-state index in [1.807, 2.05) is 12.1 Å². The van der Waals surface area contributed by atoms with E-state index in [9.17, 15) is 8.78 Å². The largest absolute Gasteiger partial charge is 0.488 e. The van der Waals surface area contributed by atoms with Gasteiger partial charge in [-0.1, -0.05) is 19.1 Å². The third-order valence-corrected chi connectivity index (χ3v) is 4.02. The second-order valence-corrected chi connectivity index (χ2v) is 5.92. The molecule has 0 spiro atoms. The van der Waals surface area contributed by atoms with Crippen molar-refractivity contribution in [3.05, 3.63) is 29.8 Å². The van der Waals surface area contributed by atoms with Crippen LogP contribution in [0.25, 0.3) is 0 Å². The summed E-state index contributed by atoms with van der Waals surface area (Å²) in [6.07, 6.45) is -0.105. The summed E-state index contributed by atoms with van der Waals surface area (Å²) >= 11 is 0. The lowest BCUT2D eigenvalue weighted by Gasteiger charge is -2.32. The number of halogens is 3. The number of benzene rings is 1. The molecular weight excluding hydrogens is 427 g/mol. The van der Waals surface area contributed by atoms with Crippen LogP contribution in [0.5, 0.6) is 5.75 Å². The molecule has 1 aliphatic rings. The van der Waals surface area contributed by atoms with Crippen LogP contribution in [0.4, 0.5) is 8.78 Å². The van der Waals surface area contributed by atoms with E-state index in [1.165, 1.54) is 12.8 Å². The van der Waals surface area contributed by atoms with E-state index in [-0.39, 0.29) is 24.0 Å². The van der Waals surface area contributed by atoms with Gasteiger partial charge in [0.25, 0.3) is 6.43 Å². The summed E-state index contributed by atoms with van der Waals surface area (Å²) in [5, 5.41) is 3.33. The smallest absolute Gasteiger partial charge is 0.272 e. The van der Waals surface area contributed by atoms with Gasteiger partial charge in [0, 0.05) is 26.7 Å². The monoisotopic (exact) mass is 453 g/mol. The minimum Gasteiger partial charge on any atom is -0.488 e. The fourth-order valence-electron chi connectivity index (χ4n) is 2.64. The third kappa shape index (κ3) is 6.78. The van der Waals surface area contributed by atoms with Crippen molar-refractivity contribution in [2.75, 3.05) is 26.7 Å². The first-order chi connectivity index (χ1) is 11.1. The number of nitrogens with one attached hydrogen (secondary N) is 1. The van der Waals surface area contributed by atoms with Crippen LogP contribution < -0.4 is 10.1 Å². The van der Waals surface area contributed by atoms with Crippen molar-refractivity contribution < 1.29 is 13.5 Å². The molecule has 0 radical (unpaired) electrons. The van der Waals surface area contributed by atoms with E-state index in [4.69, 9.17) is 4.74 Å². The lowest BCUT2D eigenvalue weighted by Crippen LogP contribution is -2.45. The maximum atomic E-state index is 12.2. The zero-order valence-corrected chi connectivity index (χ0v) is 16.5. The van der Waals surface area contributed by atoms with Gasteiger partial charge in [0.2, 0.25) is 0 Å². The third-order valence-electron chi connectivity index (χ3n) is 4.02. The summed E-state index contributed by atoms with van der Waals surface area (Å²) in [6.45, 7) is 4.31. The van der Waals surface area contributed by atoms with Crippen molar-refractivity contribution in [1.29, 1.82) is 0 Å². The van der Waals surface area contributed by atoms with Gasteiger partial charge in [-0.3, -0.25) is 4.99 Å². The van der Waals surface area contributed by atoms with Gasteiger partial charge in [0.05, 0.1) is 0 Å². The van der Waals surface area contributed by atoms with Gasteiger partial charge in [-0.2, -0.15) is 0 Å². The predicted octanol–water partition coefficient (Wildman–Crippen LogP) is 3.76. The number of aliphatic imine (C=N–C) groups is 1. The van der Waals surface area contributed by atoms with Crippen LogP contribution >= 0.6 is 24.0 Å². The SMILES string of the molecule is CN=C(NCc1cccc(OCC(F)F)c1)N1CCC(C)CC1.I. The molecule has 2 rings (SSSR count). The summed E-state index contributed by atoms with van der Waals surface area (Å²) in [7, 11) is 1.78. The van der Waals surface area contributed by atoms with Gasteiger partial charge in [-0.15, -0.1) is 24.0 Å². The van der Waals surface area contributed by atoms with Crippen molar-refractivity contribution >= 4 is 29.9 Å². The molecule has 1 fully saturated rings. The lowest BCUT2D eigenvalue weighted by atomic mass is 10.00. The van der Waals surface area contributed by atoms with Crippen molar-refractivity contribution in [3.8, 4) is 5.75 Å². The summed E-state index contributed by atoms with van der Waals surface area (Å²) in [4.78, 5) is 6.60. The molecule has 24 heavy (non-hydrogen) atoms. The topological polar surface area (TPSA) is 36.9 Å². The Morgan fingerprint density at radius 3 is 2.71 bits per heavy atom. The van der Waals surface area contributed by atoms with E-state index < -0.39 is 13.0 Å². The minimum absolute atomic E-state index is 0. The maximum absolute atomic E-state index is 12.2. The molecule has 0 amide bonds. The summed E-state index contributed by atoms with van der Waals surface area (Å²) < 4.78 is 29.4. The Kier molecular flexibility index (Phi) is 9.31. The molecule has 0 aliphatic carbocycles. The Hall–Kier alpha value is -1.12. The van der Waals surface area contributed by atoms with Gasteiger partial charge >= 0.3 is 0 Å². The van der Waals surface area contributed by atoms with Gasteiger partial charge in [-0.05, 0) is 36.5 Å². The molecule has 136 valence electrons. The van der Waals surface area contributed by atoms with Crippen molar-refractivity contribution in [2.24, 2.45) is 10.9 Å². The molecule has 1 heterocycles. The maximum Gasteiger partial charge on any atom is 0.272 e. The molecule has 1 aromatic carbocycles. The van der Waals surface area contributed by atoms with Gasteiger partial charge in [-0.25, -0.2) is 8.78 Å². The van der Waals surface area contributed by atoms with E-state index in [0.29, 0.717) is 12.3 Å². The number of ether oxygens (including phenoxy) is 1. The quantitative estimate of drug-likeness (QED) is 0.419. The standard InChI is InChI=1S/C17H25F2N3O.HI/c1-13-6-8-22(9-7-13)17(20-2)21-11-14-4-3-5-15(10-14)23-12-16(18)19;/h3-5,10,13,16H,6-9,11-12H2,1-2H3,(H,20,21);1H. The first-order valence-corrected chi connectivity index (χ1v) is 8.04. The number of likely N-dealkylation sites (tertiary alicyclic amines) is 1. The lowest BCUT2D eigenvalue weighted by molar-refractivity contribution is 0.0818. The Balaban J connectivity index is 0.00000288. The Bertz CT molecular complexity index is 520. The number of rotatable bonds is 5. The normalized spacial score (nSPS) is 16.0. The zero-order chi connectivity index (χ0) is 16.7. The van der Waals surface area contributed by atoms with Gasteiger partial charge in [0.15, 0.2) is 5.96 Å². The number of guanidine groups is 1. The van der Waals surface area contributed by atoms with Crippen molar-refractivity contribution in [2.45, 2.75) is 32.7 Å². The van der Waals surface area contributed by atoms with Crippen LogP contribution in [-0.4, -0.2) is 44.0 Å².